The maximum absolute atomic E-state index is 12.0. The fourth-order valence-electron chi connectivity index (χ4n) is 2.12. The van der Waals surface area contributed by atoms with Crippen LogP contribution in [0.5, 0.6) is 5.75 Å². The molecule has 1 aromatic heterocycles. The van der Waals surface area contributed by atoms with Crippen LogP contribution in [0.1, 0.15) is 37.3 Å². The van der Waals surface area contributed by atoms with Crippen LogP contribution in [0, 0.1) is 10.5 Å². The lowest BCUT2D eigenvalue weighted by Crippen LogP contribution is -2.21. The number of pyridine rings is 1. The Bertz CT molecular complexity index is 671. The molecule has 5 heteroatoms. The Balaban J connectivity index is 1.89. The molecule has 2 rings (SSSR count). The molecular formula is C18H21IN2O2. The van der Waals surface area contributed by atoms with Crippen molar-refractivity contribution < 1.29 is 9.53 Å². The summed E-state index contributed by atoms with van der Waals surface area (Å²) in [5, 5.41) is 2.77. The molecule has 0 bridgehead atoms. The second-order valence-electron chi connectivity index (χ2n) is 5.53. The summed E-state index contributed by atoms with van der Waals surface area (Å²) in [5.41, 5.74) is 2.21. The number of carbonyl (C=O) groups is 1. The topological polar surface area (TPSA) is 51.2 Å². The average molecular weight is 424 g/mol. The van der Waals surface area contributed by atoms with E-state index in [1.165, 1.54) is 5.56 Å². The molecule has 122 valence electrons. The van der Waals surface area contributed by atoms with Crippen LogP contribution < -0.4 is 10.1 Å². The van der Waals surface area contributed by atoms with Crippen LogP contribution in [0.15, 0.2) is 36.5 Å². The zero-order valence-corrected chi connectivity index (χ0v) is 15.8. The largest absolute Gasteiger partial charge is 0.484 e. The lowest BCUT2D eigenvalue weighted by molar-refractivity contribution is -0.118. The first-order chi connectivity index (χ1) is 11.0. The van der Waals surface area contributed by atoms with Crippen molar-refractivity contribution in [1.29, 1.82) is 0 Å². The Hall–Kier alpha value is -1.63. The first-order valence-electron chi connectivity index (χ1n) is 7.64. The highest BCUT2D eigenvalue weighted by molar-refractivity contribution is 14.1. The first kappa shape index (κ1) is 17.7. The zero-order valence-electron chi connectivity index (χ0n) is 13.6. The van der Waals surface area contributed by atoms with Crippen LogP contribution in [-0.4, -0.2) is 17.5 Å². The van der Waals surface area contributed by atoms with Gasteiger partial charge in [0.1, 0.15) is 11.6 Å². The minimum atomic E-state index is -0.215. The number of anilines is 1. The molecule has 1 atom stereocenters. The van der Waals surface area contributed by atoms with Crippen molar-refractivity contribution in [2.24, 2.45) is 0 Å². The molecule has 1 aromatic carbocycles. The molecule has 0 saturated carbocycles. The second kappa shape index (κ2) is 8.29. The van der Waals surface area contributed by atoms with Crippen LogP contribution in [0.25, 0.3) is 0 Å². The number of rotatable bonds is 6. The molecule has 0 saturated heterocycles. The highest BCUT2D eigenvalue weighted by Crippen LogP contribution is 2.21. The normalized spacial score (nSPS) is 11.8. The standard InChI is InChI=1S/C18H21IN2O2/c1-4-12(2)14-5-7-16(8-6-14)23-11-17(22)21-18-13(3)9-15(19)10-20-18/h5-10,12H,4,11H2,1-3H3,(H,20,21,22)/t12-/m0/s1. The predicted molar refractivity (Wildman–Crippen MR) is 101 cm³/mol. The van der Waals surface area contributed by atoms with E-state index in [2.05, 4.69) is 46.7 Å². The monoisotopic (exact) mass is 424 g/mol. The fourth-order valence-corrected chi connectivity index (χ4v) is 2.72. The molecule has 0 aliphatic heterocycles. The number of nitrogens with zero attached hydrogens (tertiary/aromatic N) is 1. The minimum Gasteiger partial charge on any atom is -0.484 e. The summed E-state index contributed by atoms with van der Waals surface area (Å²) >= 11 is 2.19. The van der Waals surface area contributed by atoms with Crippen molar-refractivity contribution in [3.63, 3.8) is 0 Å². The lowest BCUT2D eigenvalue weighted by atomic mass is 9.99. The third-order valence-corrected chi connectivity index (χ3v) is 4.32. The molecule has 0 unspecified atom stereocenters. The zero-order chi connectivity index (χ0) is 16.8. The van der Waals surface area contributed by atoms with Gasteiger partial charge in [-0.25, -0.2) is 4.98 Å². The van der Waals surface area contributed by atoms with E-state index in [-0.39, 0.29) is 12.5 Å². The number of amides is 1. The molecule has 0 aliphatic carbocycles. The summed E-state index contributed by atoms with van der Waals surface area (Å²) in [7, 11) is 0. The van der Waals surface area contributed by atoms with Crippen molar-refractivity contribution in [1.82, 2.24) is 4.98 Å². The molecule has 0 aliphatic rings. The molecule has 1 N–H and O–H groups in total. The fraction of sp³-hybridized carbons (Fsp3) is 0.333. The Labute approximate surface area is 150 Å². The van der Waals surface area contributed by atoms with E-state index in [0.717, 1.165) is 15.6 Å². The van der Waals surface area contributed by atoms with Crippen molar-refractivity contribution in [2.75, 3.05) is 11.9 Å². The van der Waals surface area contributed by atoms with Gasteiger partial charge >= 0.3 is 0 Å². The number of aromatic nitrogens is 1. The van der Waals surface area contributed by atoms with Crippen molar-refractivity contribution in [3.05, 3.63) is 51.2 Å². The summed E-state index contributed by atoms with van der Waals surface area (Å²) in [4.78, 5) is 16.2. The summed E-state index contributed by atoms with van der Waals surface area (Å²) in [6.07, 6.45) is 2.82. The van der Waals surface area contributed by atoms with Gasteiger partial charge in [-0.2, -0.15) is 0 Å². The van der Waals surface area contributed by atoms with E-state index in [0.29, 0.717) is 17.5 Å². The van der Waals surface area contributed by atoms with Crippen molar-refractivity contribution in [3.8, 4) is 5.75 Å². The van der Waals surface area contributed by atoms with Gasteiger partial charge in [0.2, 0.25) is 0 Å². The van der Waals surface area contributed by atoms with Gasteiger partial charge in [-0.05, 0) is 71.2 Å². The third kappa shape index (κ3) is 5.20. The molecule has 4 nitrogen and oxygen atoms in total. The second-order valence-corrected chi connectivity index (χ2v) is 6.78. The van der Waals surface area contributed by atoms with Gasteiger partial charge < -0.3 is 10.1 Å². The van der Waals surface area contributed by atoms with Crippen LogP contribution in [0.3, 0.4) is 0 Å². The molecule has 0 spiro atoms. The van der Waals surface area contributed by atoms with E-state index >= 15 is 0 Å². The molecule has 1 heterocycles. The minimum absolute atomic E-state index is 0.0320. The van der Waals surface area contributed by atoms with Gasteiger partial charge in [-0.15, -0.1) is 0 Å². The molecule has 1 amide bonds. The van der Waals surface area contributed by atoms with E-state index < -0.39 is 0 Å². The van der Waals surface area contributed by atoms with Gasteiger partial charge in [0.25, 0.3) is 5.91 Å². The third-order valence-electron chi connectivity index (χ3n) is 3.73. The molecule has 23 heavy (non-hydrogen) atoms. The number of hydrogen-bond acceptors (Lipinski definition) is 3. The van der Waals surface area contributed by atoms with Crippen molar-refractivity contribution in [2.45, 2.75) is 33.1 Å². The number of nitrogens with one attached hydrogen (secondary N) is 1. The number of halogens is 1. The van der Waals surface area contributed by atoms with Crippen LogP contribution in [-0.2, 0) is 4.79 Å². The highest BCUT2D eigenvalue weighted by Gasteiger charge is 2.08. The predicted octanol–water partition coefficient (Wildman–Crippen LogP) is 4.53. The smallest absolute Gasteiger partial charge is 0.263 e. The number of benzene rings is 1. The molecule has 0 radical (unpaired) electrons. The number of hydrogen-bond donors (Lipinski definition) is 1. The Morgan fingerprint density at radius 3 is 2.65 bits per heavy atom. The highest BCUT2D eigenvalue weighted by atomic mass is 127. The van der Waals surface area contributed by atoms with Gasteiger partial charge in [0.15, 0.2) is 6.61 Å². The van der Waals surface area contributed by atoms with E-state index in [4.69, 9.17) is 4.74 Å². The van der Waals surface area contributed by atoms with Gasteiger partial charge in [0, 0.05) is 9.77 Å². The van der Waals surface area contributed by atoms with Gasteiger partial charge in [-0.3, -0.25) is 4.79 Å². The van der Waals surface area contributed by atoms with Gasteiger partial charge in [-0.1, -0.05) is 26.0 Å². The van der Waals surface area contributed by atoms with Crippen LogP contribution >= 0.6 is 22.6 Å². The molecular weight excluding hydrogens is 403 g/mol. The first-order valence-corrected chi connectivity index (χ1v) is 8.72. The Morgan fingerprint density at radius 1 is 1.35 bits per heavy atom. The Morgan fingerprint density at radius 2 is 2.04 bits per heavy atom. The van der Waals surface area contributed by atoms with Gasteiger partial charge in [0.05, 0.1) is 0 Å². The van der Waals surface area contributed by atoms with Crippen LogP contribution in [0.2, 0.25) is 0 Å². The summed E-state index contributed by atoms with van der Waals surface area (Å²) < 4.78 is 6.57. The maximum atomic E-state index is 12.0. The Kier molecular flexibility index (Phi) is 6.38. The summed E-state index contributed by atoms with van der Waals surface area (Å²) in [6, 6.07) is 9.88. The quantitative estimate of drug-likeness (QED) is 0.694. The maximum Gasteiger partial charge on any atom is 0.263 e. The summed E-state index contributed by atoms with van der Waals surface area (Å²) in [6.45, 7) is 6.24. The van der Waals surface area contributed by atoms with E-state index in [1.54, 1.807) is 6.20 Å². The molecule has 2 aromatic rings. The van der Waals surface area contributed by atoms with E-state index in [9.17, 15) is 4.79 Å². The number of aryl methyl sites for hydroxylation is 1. The van der Waals surface area contributed by atoms with Crippen molar-refractivity contribution >= 4 is 34.3 Å². The summed E-state index contributed by atoms with van der Waals surface area (Å²) in [5.74, 6) is 1.58. The number of ether oxygens (including phenoxy) is 1. The van der Waals surface area contributed by atoms with Crippen LogP contribution in [0.4, 0.5) is 5.82 Å². The number of carbonyl (C=O) groups excluding carboxylic acids is 1. The lowest BCUT2D eigenvalue weighted by Gasteiger charge is -2.11. The average Bonchev–Trinajstić information content (AvgIpc) is 2.55. The van der Waals surface area contributed by atoms with E-state index in [1.807, 2.05) is 37.3 Å². The SMILES string of the molecule is CC[C@H](C)c1ccc(OCC(=O)Nc2ncc(I)cc2C)cc1. The molecule has 0 fully saturated rings.